The average molecular weight is 385 g/mol. The molecule has 0 radical (unpaired) electrons. The van der Waals surface area contributed by atoms with Crippen molar-refractivity contribution in [1.82, 2.24) is 0 Å². The topological polar surface area (TPSA) is 25.2 Å². The van der Waals surface area contributed by atoms with Gasteiger partial charge >= 0.3 is 0 Å². The van der Waals surface area contributed by atoms with Gasteiger partial charge < -0.3 is 9.73 Å². The Morgan fingerprint density at radius 2 is 1.17 bits per heavy atom. The fourth-order valence-corrected chi connectivity index (χ4v) is 4.11. The number of benzene rings is 5. The molecule has 1 N–H and O–H groups in total. The van der Waals surface area contributed by atoms with Crippen LogP contribution in [0.15, 0.2) is 114 Å². The van der Waals surface area contributed by atoms with Crippen LogP contribution in [-0.2, 0) is 0 Å². The fraction of sp³-hybridized carbons (Fsp3) is 0. The van der Waals surface area contributed by atoms with Crippen molar-refractivity contribution in [3.63, 3.8) is 0 Å². The molecule has 30 heavy (non-hydrogen) atoms. The molecule has 0 saturated heterocycles. The zero-order valence-corrected chi connectivity index (χ0v) is 16.3. The van der Waals surface area contributed by atoms with Crippen molar-refractivity contribution in [3.8, 4) is 11.1 Å². The van der Waals surface area contributed by atoms with Gasteiger partial charge in [-0.2, -0.15) is 0 Å². The van der Waals surface area contributed by atoms with Gasteiger partial charge in [0.1, 0.15) is 11.2 Å². The lowest BCUT2D eigenvalue weighted by atomic mass is 10.0. The van der Waals surface area contributed by atoms with E-state index < -0.39 is 0 Å². The number of hydrogen-bond acceptors (Lipinski definition) is 2. The summed E-state index contributed by atoms with van der Waals surface area (Å²) in [5.74, 6) is 0. The van der Waals surface area contributed by atoms with Crippen LogP contribution in [0.5, 0.6) is 0 Å². The minimum atomic E-state index is 0.906. The number of furan rings is 1. The Labute approximate surface area is 174 Å². The Morgan fingerprint density at radius 1 is 0.467 bits per heavy atom. The van der Waals surface area contributed by atoms with E-state index in [1.165, 1.54) is 21.9 Å². The summed E-state index contributed by atoms with van der Waals surface area (Å²) in [5.41, 5.74) is 6.35. The minimum absolute atomic E-state index is 0.906. The van der Waals surface area contributed by atoms with Gasteiger partial charge in [-0.3, -0.25) is 0 Å². The van der Waals surface area contributed by atoms with Crippen LogP contribution in [-0.4, -0.2) is 0 Å². The molecule has 0 spiro atoms. The molecule has 1 aromatic heterocycles. The molecule has 0 aliphatic carbocycles. The van der Waals surface area contributed by atoms with Crippen molar-refractivity contribution >= 4 is 44.1 Å². The second-order valence-corrected chi connectivity index (χ2v) is 7.58. The monoisotopic (exact) mass is 385 g/mol. The van der Waals surface area contributed by atoms with E-state index in [0.717, 1.165) is 33.3 Å². The summed E-state index contributed by atoms with van der Waals surface area (Å²) in [6.07, 6.45) is 0. The third kappa shape index (κ3) is 2.90. The van der Waals surface area contributed by atoms with Crippen molar-refractivity contribution in [2.45, 2.75) is 0 Å². The number of anilines is 2. The highest BCUT2D eigenvalue weighted by Gasteiger charge is 2.09. The summed E-state index contributed by atoms with van der Waals surface area (Å²) >= 11 is 0. The fourth-order valence-electron chi connectivity index (χ4n) is 4.11. The van der Waals surface area contributed by atoms with E-state index in [-0.39, 0.29) is 0 Å². The van der Waals surface area contributed by atoms with Crippen molar-refractivity contribution in [1.29, 1.82) is 0 Å². The standard InChI is InChI=1S/C28H19NO/c1-2-7-19(8-3-1)20-11-6-12-23(15-20)29-24-13-14-27-26(18-24)25-16-21-9-4-5-10-22(21)17-28(25)30-27/h1-18,29H. The Morgan fingerprint density at radius 3 is 2.03 bits per heavy atom. The van der Waals surface area contributed by atoms with Gasteiger partial charge in [0.25, 0.3) is 0 Å². The molecular formula is C28H19NO. The molecule has 0 bridgehead atoms. The molecule has 0 atom stereocenters. The summed E-state index contributed by atoms with van der Waals surface area (Å²) in [6, 6.07) is 38.0. The van der Waals surface area contributed by atoms with E-state index in [1.54, 1.807) is 0 Å². The van der Waals surface area contributed by atoms with Crippen LogP contribution in [0.2, 0.25) is 0 Å². The summed E-state index contributed by atoms with van der Waals surface area (Å²) in [6.45, 7) is 0. The van der Waals surface area contributed by atoms with E-state index in [4.69, 9.17) is 4.42 Å². The van der Waals surface area contributed by atoms with Gasteiger partial charge in [0.2, 0.25) is 0 Å². The Bertz CT molecular complexity index is 1510. The minimum Gasteiger partial charge on any atom is -0.456 e. The van der Waals surface area contributed by atoms with Crippen molar-refractivity contribution < 1.29 is 4.42 Å². The normalized spacial score (nSPS) is 11.3. The number of rotatable bonds is 3. The molecule has 1 heterocycles. The quantitative estimate of drug-likeness (QED) is 0.332. The van der Waals surface area contributed by atoms with E-state index >= 15 is 0 Å². The first kappa shape index (κ1) is 16.9. The van der Waals surface area contributed by atoms with Gasteiger partial charge in [-0.25, -0.2) is 0 Å². The SMILES string of the molecule is c1ccc(-c2cccc(Nc3ccc4oc5cc6ccccc6cc5c4c3)c2)cc1. The Kier molecular flexibility index (Phi) is 3.82. The molecule has 0 amide bonds. The third-order valence-electron chi connectivity index (χ3n) is 5.60. The molecule has 2 nitrogen and oxygen atoms in total. The zero-order chi connectivity index (χ0) is 19.9. The second-order valence-electron chi connectivity index (χ2n) is 7.58. The Hall–Kier alpha value is -4.04. The van der Waals surface area contributed by atoms with Crippen molar-refractivity contribution in [2.24, 2.45) is 0 Å². The van der Waals surface area contributed by atoms with Crippen LogP contribution in [0.25, 0.3) is 43.8 Å². The molecular weight excluding hydrogens is 366 g/mol. The number of nitrogens with one attached hydrogen (secondary N) is 1. The van der Waals surface area contributed by atoms with Gasteiger partial charge in [-0.1, -0.05) is 66.7 Å². The highest BCUT2D eigenvalue weighted by atomic mass is 16.3. The predicted octanol–water partition coefficient (Wildman–Crippen LogP) is 8.15. The predicted molar refractivity (Wildman–Crippen MR) is 126 cm³/mol. The summed E-state index contributed by atoms with van der Waals surface area (Å²) in [4.78, 5) is 0. The van der Waals surface area contributed by atoms with Crippen LogP contribution in [0.3, 0.4) is 0 Å². The average Bonchev–Trinajstić information content (AvgIpc) is 3.15. The first-order chi connectivity index (χ1) is 14.8. The van der Waals surface area contributed by atoms with E-state index in [1.807, 2.05) is 12.1 Å². The van der Waals surface area contributed by atoms with Crippen LogP contribution >= 0.6 is 0 Å². The van der Waals surface area contributed by atoms with E-state index in [2.05, 4.69) is 102 Å². The van der Waals surface area contributed by atoms with Gasteiger partial charge in [0, 0.05) is 22.1 Å². The maximum atomic E-state index is 6.11. The van der Waals surface area contributed by atoms with Crippen LogP contribution in [0, 0.1) is 0 Å². The van der Waals surface area contributed by atoms with Gasteiger partial charge in [-0.15, -0.1) is 0 Å². The largest absolute Gasteiger partial charge is 0.456 e. The van der Waals surface area contributed by atoms with Gasteiger partial charge in [0.15, 0.2) is 0 Å². The molecule has 0 aliphatic heterocycles. The van der Waals surface area contributed by atoms with Crippen molar-refractivity contribution in [2.75, 3.05) is 5.32 Å². The third-order valence-corrected chi connectivity index (χ3v) is 5.60. The molecule has 2 heteroatoms. The smallest absolute Gasteiger partial charge is 0.136 e. The lowest BCUT2D eigenvalue weighted by Crippen LogP contribution is -1.90. The summed E-state index contributed by atoms with van der Waals surface area (Å²) < 4.78 is 6.11. The molecule has 6 aromatic rings. The lowest BCUT2D eigenvalue weighted by molar-refractivity contribution is 0.669. The van der Waals surface area contributed by atoms with Crippen LogP contribution < -0.4 is 5.32 Å². The molecule has 0 saturated carbocycles. The van der Waals surface area contributed by atoms with Crippen LogP contribution in [0.4, 0.5) is 11.4 Å². The molecule has 0 fully saturated rings. The molecule has 0 aliphatic rings. The van der Waals surface area contributed by atoms with E-state index in [9.17, 15) is 0 Å². The maximum absolute atomic E-state index is 6.11. The van der Waals surface area contributed by atoms with Gasteiger partial charge in [-0.05, 0) is 64.4 Å². The van der Waals surface area contributed by atoms with E-state index in [0.29, 0.717) is 0 Å². The molecule has 6 rings (SSSR count). The zero-order valence-electron chi connectivity index (χ0n) is 16.3. The molecule has 5 aromatic carbocycles. The first-order valence-corrected chi connectivity index (χ1v) is 10.1. The Balaban J connectivity index is 1.41. The summed E-state index contributed by atoms with van der Waals surface area (Å²) in [5, 5.41) is 8.24. The molecule has 0 unspecified atom stereocenters. The lowest BCUT2D eigenvalue weighted by Gasteiger charge is -2.09. The van der Waals surface area contributed by atoms with Gasteiger partial charge in [0.05, 0.1) is 0 Å². The van der Waals surface area contributed by atoms with Crippen LogP contribution in [0.1, 0.15) is 0 Å². The number of fused-ring (bicyclic) bond motifs is 4. The maximum Gasteiger partial charge on any atom is 0.136 e. The highest BCUT2D eigenvalue weighted by molar-refractivity contribution is 6.10. The highest BCUT2D eigenvalue weighted by Crippen LogP contribution is 2.34. The second kappa shape index (κ2) is 6.78. The summed E-state index contributed by atoms with van der Waals surface area (Å²) in [7, 11) is 0. The van der Waals surface area contributed by atoms with Crippen molar-refractivity contribution in [3.05, 3.63) is 109 Å². The first-order valence-electron chi connectivity index (χ1n) is 10.1. The molecule has 142 valence electrons. The number of hydrogen-bond donors (Lipinski definition) is 1.